The van der Waals surface area contributed by atoms with Crippen molar-refractivity contribution in [1.82, 2.24) is 5.32 Å². The first-order chi connectivity index (χ1) is 8.34. The molecule has 4 bridgehead atoms. The van der Waals surface area contributed by atoms with Crippen molar-refractivity contribution in [3.63, 3.8) is 0 Å². The first-order valence-electron chi connectivity index (χ1n) is 7.66. The second kappa shape index (κ2) is 3.96. The van der Waals surface area contributed by atoms with Crippen molar-refractivity contribution in [1.29, 1.82) is 0 Å². The fourth-order valence-corrected chi connectivity index (χ4v) is 5.68. The third-order valence-electron chi connectivity index (χ3n) is 5.92. The summed E-state index contributed by atoms with van der Waals surface area (Å²) >= 11 is 0. The summed E-state index contributed by atoms with van der Waals surface area (Å²) in [5.74, 6) is 3.15. The lowest BCUT2D eigenvalue weighted by Crippen LogP contribution is -2.54. The van der Waals surface area contributed by atoms with Crippen LogP contribution in [0.25, 0.3) is 0 Å². The van der Waals surface area contributed by atoms with E-state index in [2.05, 4.69) is 5.32 Å². The minimum absolute atomic E-state index is 0.526. The molecule has 5 aliphatic rings. The number of rotatable bonds is 1. The van der Waals surface area contributed by atoms with Gasteiger partial charge >= 0.3 is 0 Å². The standard InChI is InChI=1S/C15H25NO/c1-2-16-10-14(17-3-1)15-7-11-4-12(8-15)6-13(5-11)9-15/h11-14,16H,1-10H2. The van der Waals surface area contributed by atoms with Gasteiger partial charge in [-0.15, -0.1) is 0 Å². The van der Waals surface area contributed by atoms with Gasteiger partial charge in [0, 0.05) is 13.2 Å². The van der Waals surface area contributed by atoms with Crippen LogP contribution in [-0.4, -0.2) is 25.8 Å². The average Bonchev–Trinajstić information content (AvgIpc) is 2.55. The summed E-state index contributed by atoms with van der Waals surface area (Å²) in [7, 11) is 0. The van der Waals surface area contributed by atoms with Crippen LogP contribution in [-0.2, 0) is 4.74 Å². The van der Waals surface area contributed by atoms with Gasteiger partial charge in [0.2, 0.25) is 0 Å². The van der Waals surface area contributed by atoms with Crippen LogP contribution >= 0.6 is 0 Å². The molecule has 4 aliphatic carbocycles. The highest BCUT2D eigenvalue weighted by atomic mass is 16.5. The van der Waals surface area contributed by atoms with E-state index in [1.165, 1.54) is 25.7 Å². The lowest BCUT2D eigenvalue weighted by atomic mass is 9.48. The van der Waals surface area contributed by atoms with Crippen molar-refractivity contribution in [2.75, 3.05) is 19.7 Å². The average molecular weight is 235 g/mol. The lowest BCUT2D eigenvalue weighted by molar-refractivity contribution is -0.136. The summed E-state index contributed by atoms with van der Waals surface area (Å²) in [6.07, 6.45) is 10.8. The summed E-state index contributed by atoms with van der Waals surface area (Å²) in [6, 6.07) is 0. The van der Waals surface area contributed by atoms with E-state index in [0.29, 0.717) is 11.5 Å². The molecule has 1 aliphatic heterocycles. The number of hydrogen-bond donors (Lipinski definition) is 1. The van der Waals surface area contributed by atoms with E-state index < -0.39 is 0 Å². The van der Waals surface area contributed by atoms with E-state index in [1.807, 2.05) is 0 Å². The zero-order valence-electron chi connectivity index (χ0n) is 10.8. The third kappa shape index (κ3) is 1.76. The molecule has 2 heteroatoms. The van der Waals surface area contributed by atoms with Gasteiger partial charge in [0.15, 0.2) is 0 Å². The largest absolute Gasteiger partial charge is 0.376 e. The fraction of sp³-hybridized carbons (Fsp3) is 1.00. The van der Waals surface area contributed by atoms with Gasteiger partial charge in [-0.05, 0) is 74.7 Å². The van der Waals surface area contributed by atoms with E-state index in [-0.39, 0.29) is 0 Å². The van der Waals surface area contributed by atoms with E-state index in [9.17, 15) is 0 Å². The van der Waals surface area contributed by atoms with Crippen LogP contribution in [0.1, 0.15) is 44.9 Å². The Kier molecular flexibility index (Phi) is 2.52. The second-order valence-corrected chi connectivity index (χ2v) is 7.20. The molecule has 1 atom stereocenters. The minimum atomic E-state index is 0.526. The molecule has 1 saturated heterocycles. The number of ether oxygens (including phenoxy) is 1. The topological polar surface area (TPSA) is 21.3 Å². The summed E-state index contributed by atoms with van der Waals surface area (Å²) < 4.78 is 6.23. The molecule has 0 aromatic heterocycles. The van der Waals surface area contributed by atoms with E-state index in [0.717, 1.165) is 37.5 Å². The maximum atomic E-state index is 6.23. The zero-order valence-corrected chi connectivity index (χ0v) is 10.8. The molecular formula is C15H25NO. The molecule has 4 saturated carbocycles. The molecule has 0 spiro atoms. The maximum Gasteiger partial charge on any atom is 0.0755 e. The van der Waals surface area contributed by atoms with Crippen LogP contribution < -0.4 is 5.32 Å². The lowest BCUT2D eigenvalue weighted by Gasteiger charge is -2.59. The highest BCUT2D eigenvalue weighted by Gasteiger charge is 2.54. The first kappa shape index (κ1) is 10.8. The van der Waals surface area contributed by atoms with Crippen LogP contribution in [0.5, 0.6) is 0 Å². The smallest absolute Gasteiger partial charge is 0.0755 e. The Labute approximate surface area is 104 Å². The summed E-state index contributed by atoms with van der Waals surface area (Å²) in [6.45, 7) is 3.26. The van der Waals surface area contributed by atoms with Crippen LogP contribution in [0.3, 0.4) is 0 Å². The quantitative estimate of drug-likeness (QED) is 0.754. The summed E-state index contributed by atoms with van der Waals surface area (Å²) in [5.41, 5.74) is 0.575. The van der Waals surface area contributed by atoms with Crippen LogP contribution in [0.2, 0.25) is 0 Å². The van der Waals surface area contributed by atoms with Gasteiger partial charge in [-0.1, -0.05) is 0 Å². The Morgan fingerprint density at radius 3 is 2.24 bits per heavy atom. The maximum absolute atomic E-state index is 6.23. The molecule has 5 rings (SSSR count). The minimum Gasteiger partial charge on any atom is -0.376 e. The fourth-order valence-electron chi connectivity index (χ4n) is 5.68. The Hall–Kier alpha value is -0.0800. The number of hydrogen-bond acceptors (Lipinski definition) is 2. The predicted octanol–water partition coefficient (Wildman–Crippen LogP) is 2.58. The molecule has 0 aromatic carbocycles. The summed E-state index contributed by atoms with van der Waals surface area (Å²) in [5, 5.41) is 3.60. The van der Waals surface area contributed by atoms with Crippen molar-refractivity contribution >= 4 is 0 Å². The van der Waals surface area contributed by atoms with Crippen molar-refractivity contribution in [2.24, 2.45) is 23.2 Å². The Morgan fingerprint density at radius 1 is 0.941 bits per heavy atom. The normalized spacial score (nSPS) is 53.6. The van der Waals surface area contributed by atoms with Crippen molar-refractivity contribution in [3.8, 4) is 0 Å². The Bertz CT molecular complexity index is 258. The Morgan fingerprint density at radius 2 is 1.59 bits per heavy atom. The highest BCUT2D eigenvalue weighted by Crippen LogP contribution is 2.61. The molecule has 17 heavy (non-hydrogen) atoms. The Balaban J connectivity index is 1.58. The molecule has 1 heterocycles. The molecule has 96 valence electrons. The summed E-state index contributed by atoms with van der Waals surface area (Å²) in [4.78, 5) is 0. The van der Waals surface area contributed by atoms with E-state index >= 15 is 0 Å². The van der Waals surface area contributed by atoms with Crippen LogP contribution in [0, 0.1) is 23.2 Å². The first-order valence-corrected chi connectivity index (χ1v) is 7.66. The molecule has 2 nitrogen and oxygen atoms in total. The van der Waals surface area contributed by atoms with Crippen LogP contribution in [0.15, 0.2) is 0 Å². The molecule has 0 amide bonds. The van der Waals surface area contributed by atoms with Gasteiger partial charge < -0.3 is 10.1 Å². The van der Waals surface area contributed by atoms with Crippen molar-refractivity contribution in [2.45, 2.75) is 51.0 Å². The number of nitrogens with one attached hydrogen (secondary N) is 1. The van der Waals surface area contributed by atoms with Gasteiger partial charge in [-0.3, -0.25) is 0 Å². The van der Waals surface area contributed by atoms with Gasteiger partial charge in [0.1, 0.15) is 0 Å². The molecular weight excluding hydrogens is 210 g/mol. The van der Waals surface area contributed by atoms with Gasteiger partial charge in [-0.2, -0.15) is 0 Å². The van der Waals surface area contributed by atoms with Crippen molar-refractivity contribution in [3.05, 3.63) is 0 Å². The van der Waals surface area contributed by atoms with Crippen molar-refractivity contribution < 1.29 is 4.74 Å². The molecule has 0 aromatic rings. The van der Waals surface area contributed by atoms with E-state index in [1.54, 1.807) is 19.3 Å². The molecule has 1 unspecified atom stereocenters. The predicted molar refractivity (Wildman–Crippen MR) is 67.8 cm³/mol. The highest BCUT2D eigenvalue weighted by molar-refractivity contribution is 5.05. The molecule has 5 fully saturated rings. The van der Waals surface area contributed by atoms with Crippen LogP contribution in [0.4, 0.5) is 0 Å². The monoisotopic (exact) mass is 235 g/mol. The van der Waals surface area contributed by atoms with E-state index in [4.69, 9.17) is 4.74 Å². The second-order valence-electron chi connectivity index (χ2n) is 7.20. The van der Waals surface area contributed by atoms with Gasteiger partial charge in [0.05, 0.1) is 6.10 Å². The van der Waals surface area contributed by atoms with Gasteiger partial charge in [-0.25, -0.2) is 0 Å². The molecule has 1 N–H and O–H groups in total. The third-order valence-corrected chi connectivity index (χ3v) is 5.92. The van der Waals surface area contributed by atoms with Gasteiger partial charge in [0.25, 0.3) is 0 Å². The zero-order chi connectivity index (χ0) is 11.3. The molecule has 0 radical (unpaired) electrons. The SMILES string of the molecule is C1CNCC(C23CC4CC(CC(C4)C2)C3)OC1.